The molecule has 1 amide bonds. The van der Waals surface area contributed by atoms with Crippen LogP contribution in [0.2, 0.25) is 0 Å². The van der Waals surface area contributed by atoms with Gasteiger partial charge in [-0.15, -0.1) is 0 Å². The fraction of sp³-hybridized carbons (Fsp3) is 0.905. The number of nitrogens with one attached hydrogen (secondary N) is 1. The van der Waals surface area contributed by atoms with Gasteiger partial charge in [-0.3, -0.25) is 14.2 Å². The number of phosphoric ester groups is 1. The van der Waals surface area contributed by atoms with Gasteiger partial charge in [0, 0.05) is 12.8 Å². The summed E-state index contributed by atoms with van der Waals surface area (Å²) in [5, 5.41) is 3.03. The van der Waals surface area contributed by atoms with E-state index in [1.807, 2.05) is 33.3 Å². The number of allylic oxidation sites excluding steroid dienone is 3. The second-order valence-electron chi connectivity index (χ2n) is 22.9. The minimum absolute atomic E-state index is 0.0194. The second-order valence-corrected chi connectivity index (χ2v) is 24.3. The number of nitrogens with zero attached hydrogens (tertiary/aromatic N) is 1. The van der Waals surface area contributed by atoms with Crippen molar-refractivity contribution in [3.8, 4) is 0 Å². The van der Waals surface area contributed by atoms with Gasteiger partial charge in [0.2, 0.25) is 5.91 Å². The van der Waals surface area contributed by atoms with Crippen molar-refractivity contribution in [1.29, 1.82) is 0 Å². The van der Waals surface area contributed by atoms with Crippen molar-refractivity contribution in [2.75, 3.05) is 40.9 Å². The van der Waals surface area contributed by atoms with Crippen LogP contribution in [0.3, 0.4) is 0 Å². The van der Waals surface area contributed by atoms with Crippen molar-refractivity contribution in [3.63, 3.8) is 0 Å². The van der Waals surface area contributed by atoms with Gasteiger partial charge in [0.25, 0.3) is 7.82 Å². The number of quaternary nitrogens is 1. The summed E-state index contributed by atoms with van der Waals surface area (Å²) in [7, 11) is 1.20. The number of hydrogen-bond acceptors (Lipinski definition) is 7. The molecule has 3 unspecified atom stereocenters. The summed E-state index contributed by atoms with van der Waals surface area (Å²) in [6, 6.07) is -0.883. The van der Waals surface area contributed by atoms with Crippen molar-refractivity contribution in [2.24, 2.45) is 0 Å². The Morgan fingerprint density at radius 1 is 0.466 bits per heavy atom. The van der Waals surface area contributed by atoms with Gasteiger partial charge in [-0.1, -0.05) is 270 Å². The number of rotatable bonds is 58. The molecule has 0 spiro atoms. The van der Waals surface area contributed by atoms with E-state index >= 15 is 0 Å². The van der Waals surface area contributed by atoms with Crippen molar-refractivity contribution in [2.45, 2.75) is 328 Å². The van der Waals surface area contributed by atoms with Gasteiger partial charge in [0.1, 0.15) is 19.3 Å². The molecule has 0 aromatic heterocycles. The molecule has 0 radical (unpaired) electrons. The first-order chi connectivity index (χ1) is 35.4. The smallest absolute Gasteiger partial charge is 0.306 e. The molecule has 73 heavy (non-hydrogen) atoms. The van der Waals surface area contributed by atoms with Crippen LogP contribution in [0.15, 0.2) is 24.3 Å². The first-order valence-corrected chi connectivity index (χ1v) is 33.1. The molecular formula is C63H123N2O7P. The Balaban J connectivity index is 5.13. The van der Waals surface area contributed by atoms with E-state index < -0.39 is 20.0 Å². The van der Waals surface area contributed by atoms with Gasteiger partial charge in [-0.05, 0) is 57.4 Å². The summed E-state index contributed by atoms with van der Waals surface area (Å²) in [6.07, 6.45) is 62.9. The lowest BCUT2D eigenvalue weighted by molar-refractivity contribution is -0.870. The van der Waals surface area contributed by atoms with Gasteiger partial charge in [-0.2, -0.15) is 0 Å². The Labute approximate surface area is 454 Å². The highest BCUT2D eigenvalue weighted by Gasteiger charge is 2.27. The van der Waals surface area contributed by atoms with Crippen LogP contribution in [0.4, 0.5) is 0 Å². The van der Waals surface area contributed by atoms with Crippen molar-refractivity contribution in [3.05, 3.63) is 24.3 Å². The molecule has 1 N–H and O–H groups in total. The molecule has 0 aliphatic rings. The molecule has 0 aromatic rings. The number of ether oxygens (including phenoxy) is 1. The zero-order chi connectivity index (χ0) is 53.6. The van der Waals surface area contributed by atoms with Crippen LogP contribution >= 0.6 is 7.82 Å². The fourth-order valence-corrected chi connectivity index (χ4v) is 10.2. The lowest BCUT2D eigenvalue weighted by Crippen LogP contribution is -2.47. The predicted octanol–water partition coefficient (Wildman–Crippen LogP) is 18.7. The zero-order valence-corrected chi connectivity index (χ0v) is 50.3. The summed E-state index contributed by atoms with van der Waals surface area (Å²) >= 11 is 0. The lowest BCUT2D eigenvalue weighted by Gasteiger charge is -2.30. The van der Waals surface area contributed by atoms with Crippen LogP contribution in [0.1, 0.15) is 316 Å². The Morgan fingerprint density at radius 3 is 1.18 bits per heavy atom. The maximum Gasteiger partial charge on any atom is 0.306 e. The van der Waals surface area contributed by atoms with E-state index in [0.29, 0.717) is 17.4 Å². The van der Waals surface area contributed by atoms with E-state index in [9.17, 15) is 19.0 Å². The van der Waals surface area contributed by atoms with E-state index in [0.717, 1.165) is 70.6 Å². The topological polar surface area (TPSA) is 114 Å². The monoisotopic (exact) mass is 1050 g/mol. The second kappa shape index (κ2) is 53.9. The van der Waals surface area contributed by atoms with Crippen LogP contribution in [0, 0.1) is 0 Å². The Morgan fingerprint density at radius 2 is 0.795 bits per heavy atom. The molecule has 10 heteroatoms. The number of carbonyl (C=O) groups excluding carboxylic acids is 2. The first kappa shape index (κ1) is 71.5. The largest absolute Gasteiger partial charge is 0.756 e. The van der Waals surface area contributed by atoms with E-state index in [-0.39, 0.29) is 31.5 Å². The minimum atomic E-state index is -4.69. The molecule has 0 heterocycles. The minimum Gasteiger partial charge on any atom is -0.756 e. The number of unbranched alkanes of at least 4 members (excludes halogenated alkanes) is 40. The Bertz CT molecular complexity index is 1300. The Hall–Kier alpha value is -1.51. The molecule has 0 rings (SSSR count). The molecular weight excluding hydrogens is 928 g/mol. The van der Waals surface area contributed by atoms with Crippen LogP contribution in [-0.4, -0.2) is 69.4 Å². The van der Waals surface area contributed by atoms with Gasteiger partial charge < -0.3 is 28.5 Å². The SMILES string of the molecule is CCCCCC/C=C\CCCCCCCCCC(=O)OC(/C=C/CCCCCCCCCCC)C(COP(=O)([O-])OCC[N+](C)(C)C)NC(=O)CCCCCCCCCCCCCCCCCCCCCCC. The number of likely N-dealkylation sites (N-methyl/N-ethyl adjacent to an activating group) is 1. The highest BCUT2D eigenvalue weighted by Crippen LogP contribution is 2.38. The molecule has 432 valence electrons. The van der Waals surface area contributed by atoms with Crippen molar-refractivity contribution in [1.82, 2.24) is 5.32 Å². The van der Waals surface area contributed by atoms with Crippen molar-refractivity contribution < 1.29 is 37.3 Å². The highest BCUT2D eigenvalue weighted by molar-refractivity contribution is 7.45. The maximum absolute atomic E-state index is 13.5. The van der Waals surface area contributed by atoms with Crippen LogP contribution in [0.5, 0.6) is 0 Å². The molecule has 0 aliphatic heterocycles. The number of esters is 1. The first-order valence-electron chi connectivity index (χ1n) is 31.6. The highest BCUT2D eigenvalue weighted by atomic mass is 31.2. The average molecular weight is 1050 g/mol. The fourth-order valence-electron chi connectivity index (χ4n) is 9.46. The summed E-state index contributed by atoms with van der Waals surface area (Å²) < 4.78 is 30.3. The summed E-state index contributed by atoms with van der Waals surface area (Å²) in [5.74, 6) is -0.530. The number of phosphoric acid groups is 1. The van der Waals surface area contributed by atoms with Gasteiger partial charge >= 0.3 is 5.97 Å². The quantitative estimate of drug-likeness (QED) is 0.0212. The summed E-state index contributed by atoms with van der Waals surface area (Å²) in [4.78, 5) is 39.9. The normalized spacial score (nSPS) is 13.8. The molecule has 0 saturated carbocycles. The van der Waals surface area contributed by atoms with Gasteiger partial charge in [-0.25, -0.2) is 0 Å². The van der Waals surface area contributed by atoms with E-state index in [4.69, 9.17) is 13.8 Å². The third-order valence-electron chi connectivity index (χ3n) is 14.4. The number of amides is 1. The van der Waals surface area contributed by atoms with Gasteiger partial charge in [0.15, 0.2) is 0 Å². The average Bonchev–Trinajstić information content (AvgIpc) is 3.35. The van der Waals surface area contributed by atoms with Crippen LogP contribution in [-0.2, 0) is 27.9 Å². The molecule has 3 atom stereocenters. The summed E-state index contributed by atoms with van der Waals surface area (Å²) in [5.41, 5.74) is 0. The van der Waals surface area contributed by atoms with Gasteiger partial charge in [0.05, 0.1) is 33.8 Å². The predicted molar refractivity (Wildman–Crippen MR) is 312 cm³/mol. The van der Waals surface area contributed by atoms with Crippen LogP contribution in [0.25, 0.3) is 0 Å². The molecule has 9 nitrogen and oxygen atoms in total. The molecule has 0 saturated heterocycles. The standard InChI is InChI=1S/C63H123N2O7P/c1-7-10-13-16-19-22-25-27-29-30-31-32-33-34-36-37-40-43-46-49-52-55-62(66)64-60(59-71-73(68,69)70-58-57-65(4,5)6)61(54-51-48-45-42-39-24-21-18-15-12-9-3)72-63(67)56-53-50-47-44-41-38-35-28-26-23-20-17-14-11-8-2/h23,26,51,54,60-61H,7-22,24-25,27-50,52-53,55-59H2,1-6H3,(H-,64,66,68,69)/b26-23-,54-51+. The molecule has 0 fully saturated rings. The lowest BCUT2D eigenvalue weighted by atomic mass is 10.0. The van der Waals surface area contributed by atoms with E-state index in [1.54, 1.807) is 0 Å². The zero-order valence-electron chi connectivity index (χ0n) is 49.4. The van der Waals surface area contributed by atoms with Crippen LogP contribution < -0.4 is 10.2 Å². The molecule has 0 aromatic carbocycles. The van der Waals surface area contributed by atoms with E-state index in [2.05, 4.69) is 38.2 Å². The number of hydrogen-bond donors (Lipinski definition) is 1. The third kappa shape index (κ3) is 55.1. The van der Waals surface area contributed by atoms with Crippen molar-refractivity contribution >= 4 is 19.7 Å². The summed E-state index contributed by atoms with van der Waals surface area (Å²) in [6.45, 7) is 6.87. The Kier molecular flexibility index (Phi) is 52.8. The third-order valence-corrected chi connectivity index (χ3v) is 15.3. The molecule has 0 aliphatic carbocycles. The molecule has 0 bridgehead atoms. The number of carbonyl (C=O) groups is 2. The maximum atomic E-state index is 13.5. The van der Waals surface area contributed by atoms with E-state index in [1.165, 1.54) is 212 Å².